The molecule has 0 heterocycles. The van der Waals surface area contributed by atoms with E-state index in [-0.39, 0.29) is 48.5 Å². The number of carbonyl (C=O) groups is 5. The van der Waals surface area contributed by atoms with E-state index in [2.05, 4.69) is 12.2 Å². The lowest BCUT2D eigenvalue weighted by molar-refractivity contribution is -0.991. The number of quaternary nitrogens is 1. The number of ether oxygens (including phenoxy) is 2. The van der Waals surface area contributed by atoms with Gasteiger partial charge < -0.3 is 30.2 Å². The Labute approximate surface area is 279 Å². The molecule has 1 amide bonds. The molecular weight excluding hydrogens is 624 g/mol. The number of esters is 2. The molecule has 1 aromatic rings. The van der Waals surface area contributed by atoms with Gasteiger partial charge in [-0.25, -0.2) is 10.0 Å². The zero-order valence-electron chi connectivity index (χ0n) is 27.7. The second-order valence-corrected chi connectivity index (χ2v) is 14.4. The Morgan fingerprint density at radius 2 is 1.79 bits per heavy atom. The number of hydrogen-bond donors (Lipinski definition) is 5. The molecule has 5 N–H and O–H groups in total. The molecular formula is C35H46N2O11. The zero-order chi connectivity index (χ0) is 35.0. The molecule has 262 valence electrons. The van der Waals surface area contributed by atoms with Crippen LogP contribution in [0.2, 0.25) is 0 Å². The highest BCUT2D eigenvalue weighted by Crippen LogP contribution is 2.67. The summed E-state index contributed by atoms with van der Waals surface area (Å²) in [6.07, 6.45) is 6.67. The molecule has 1 unspecified atom stereocenters. The number of hydrogen-bond acceptors (Lipinski definition) is 11. The molecule has 8 atom stereocenters. The molecule has 0 spiro atoms. The van der Waals surface area contributed by atoms with Crippen LogP contribution in [0.1, 0.15) is 83.6 Å². The topological polar surface area (TPSA) is 204 Å². The van der Waals surface area contributed by atoms with Crippen LogP contribution in [0.25, 0.3) is 0 Å². The lowest BCUT2D eigenvalue weighted by atomic mass is 9.46. The van der Waals surface area contributed by atoms with Crippen LogP contribution in [-0.2, 0) is 39.9 Å². The van der Waals surface area contributed by atoms with E-state index in [1.165, 1.54) is 23.8 Å². The van der Waals surface area contributed by atoms with Crippen LogP contribution in [0.4, 0.5) is 5.69 Å². The average molecular weight is 671 g/mol. The monoisotopic (exact) mass is 670 g/mol. The first-order valence-corrected chi connectivity index (χ1v) is 16.7. The minimum absolute atomic E-state index is 0.0308. The second-order valence-electron chi connectivity index (χ2n) is 14.4. The molecule has 0 aliphatic heterocycles. The van der Waals surface area contributed by atoms with Crippen molar-refractivity contribution >= 4 is 35.1 Å². The van der Waals surface area contributed by atoms with E-state index in [0.717, 1.165) is 32.8 Å². The fourth-order valence-electron chi connectivity index (χ4n) is 9.31. The second kappa shape index (κ2) is 13.7. The molecule has 3 fully saturated rings. The number of methoxy groups -OCH3 is 1. The number of carbonyl (C=O) groups excluding carboxylic acids is 5. The van der Waals surface area contributed by atoms with Crippen molar-refractivity contribution in [1.29, 1.82) is 0 Å². The van der Waals surface area contributed by atoms with E-state index in [1.54, 1.807) is 0 Å². The van der Waals surface area contributed by atoms with Crippen molar-refractivity contribution < 1.29 is 54.1 Å². The molecule has 0 aromatic heterocycles. The molecule has 4 aliphatic carbocycles. The Morgan fingerprint density at radius 1 is 1.06 bits per heavy atom. The first-order chi connectivity index (χ1) is 22.6. The van der Waals surface area contributed by atoms with Crippen molar-refractivity contribution in [2.45, 2.75) is 96.1 Å². The van der Waals surface area contributed by atoms with Gasteiger partial charge in [0.15, 0.2) is 18.1 Å². The van der Waals surface area contributed by atoms with Gasteiger partial charge in [-0.3, -0.25) is 19.2 Å². The molecule has 0 saturated heterocycles. The lowest BCUT2D eigenvalue weighted by Gasteiger charge is -2.58. The van der Waals surface area contributed by atoms with Crippen LogP contribution in [0.15, 0.2) is 29.8 Å². The number of phenolic OH excluding ortho intramolecular Hbond substituents is 1. The Kier molecular flexibility index (Phi) is 10.2. The molecule has 0 radical (unpaired) electrons. The van der Waals surface area contributed by atoms with E-state index in [0.29, 0.717) is 36.7 Å². The third kappa shape index (κ3) is 6.52. The van der Waals surface area contributed by atoms with Crippen LogP contribution in [-0.4, -0.2) is 70.2 Å². The van der Waals surface area contributed by atoms with Gasteiger partial charge in [0, 0.05) is 30.7 Å². The van der Waals surface area contributed by atoms with Gasteiger partial charge in [0.05, 0.1) is 13.5 Å². The van der Waals surface area contributed by atoms with Gasteiger partial charge in [0.1, 0.15) is 11.6 Å². The van der Waals surface area contributed by atoms with Crippen molar-refractivity contribution in [1.82, 2.24) is 5.32 Å². The van der Waals surface area contributed by atoms with Gasteiger partial charge in [-0.1, -0.05) is 25.5 Å². The first-order valence-electron chi connectivity index (χ1n) is 16.7. The van der Waals surface area contributed by atoms with Crippen LogP contribution >= 0.6 is 0 Å². The molecule has 48 heavy (non-hydrogen) atoms. The number of aliphatic hydroxyl groups is 1. The van der Waals surface area contributed by atoms with Crippen molar-refractivity contribution in [3.63, 3.8) is 0 Å². The maximum atomic E-state index is 13.5. The van der Waals surface area contributed by atoms with Gasteiger partial charge >= 0.3 is 11.9 Å². The average Bonchev–Trinajstić information content (AvgIpc) is 3.34. The number of nitrogens with one attached hydrogen (secondary N) is 2. The molecule has 13 nitrogen and oxygen atoms in total. The fraction of sp³-hybridized carbons (Fsp3) is 0.629. The molecule has 0 bridgehead atoms. The van der Waals surface area contributed by atoms with Gasteiger partial charge in [0.2, 0.25) is 17.4 Å². The normalized spacial score (nSPS) is 32.1. The molecule has 4 aliphatic rings. The van der Waals surface area contributed by atoms with Crippen molar-refractivity contribution in [2.24, 2.45) is 28.6 Å². The third-order valence-electron chi connectivity index (χ3n) is 12.0. The summed E-state index contributed by atoms with van der Waals surface area (Å²) < 4.78 is 9.99. The predicted octanol–water partition coefficient (Wildman–Crippen LogP) is 2.15. The van der Waals surface area contributed by atoms with Crippen molar-refractivity contribution in [3.8, 4) is 5.75 Å². The number of phenols is 1. The van der Waals surface area contributed by atoms with Gasteiger partial charge in [0.25, 0.3) is 0 Å². The smallest absolute Gasteiger partial charge is 0.328 e. The minimum atomic E-state index is -1.64. The number of benzene rings is 1. The maximum Gasteiger partial charge on any atom is 0.328 e. The number of rotatable bonds is 11. The summed E-state index contributed by atoms with van der Waals surface area (Å²) in [4.78, 5) is 63.2. The van der Waals surface area contributed by atoms with E-state index >= 15 is 0 Å². The predicted molar refractivity (Wildman–Crippen MR) is 168 cm³/mol. The number of amides is 1. The number of allylic oxidation sites excluding steroid dienone is 1. The van der Waals surface area contributed by atoms with E-state index < -0.39 is 58.3 Å². The van der Waals surface area contributed by atoms with Crippen LogP contribution in [0.3, 0.4) is 0 Å². The van der Waals surface area contributed by atoms with Crippen LogP contribution in [0, 0.1) is 33.8 Å². The van der Waals surface area contributed by atoms with E-state index in [1.807, 2.05) is 13.0 Å². The van der Waals surface area contributed by atoms with Gasteiger partial charge in [-0.2, -0.15) is 5.23 Å². The van der Waals surface area contributed by atoms with Gasteiger partial charge in [-0.15, -0.1) is 0 Å². The lowest BCUT2D eigenvalue weighted by Crippen LogP contribution is -2.99. The summed E-state index contributed by atoms with van der Waals surface area (Å²) in [7, 11) is 1.13. The molecule has 1 aromatic carbocycles. The summed E-state index contributed by atoms with van der Waals surface area (Å²) in [5.41, 5.74) is -1.10. The van der Waals surface area contributed by atoms with Crippen LogP contribution in [0.5, 0.6) is 5.75 Å². The largest absolute Gasteiger partial charge is 0.595 e. The van der Waals surface area contributed by atoms with Gasteiger partial charge in [-0.05, 0) is 85.8 Å². The fourth-order valence-corrected chi connectivity index (χ4v) is 9.31. The number of aromatic hydroxyl groups is 1. The standard InChI is InChI=1S/C35H46N2O11/c1-33-13-10-22(38)18-21(33)5-6-23-24(33)11-14-34(2)25(23)12-15-35(34,44)29(40)19-48-31(42)9-8-30(41)36-26(32(43)47-3)16-20-4-7-28(39)27(17-20)37(45)46/h4,7,17-18,23-26,37,39,44-45H,5-6,8-16,19H2,1-3H3,(H,36,41)/t23-,24+,25+,26-,33-,34+,35-/m0/s1. The maximum absolute atomic E-state index is 13.5. The third-order valence-corrected chi connectivity index (χ3v) is 12.0. The number of Topliss-reactive ketones (excluding diaryl/α,β-unsaturated/α-hetero) is 1. The highest BCUT2D eigenvalue weighted by molar-refractivity contribution is 5.92. The summed E-state index contributed by atoms with van der Waals surface area (Å²) >= 11 is 0. The zero-order valence-corrected chi connectivity index (χ0v) is 27.7. The SMILES string of the molecule is COC(=O)[C@H](Cc1ccc(O)c([NH+]([O-])O)c1)NC(=O)CCC(=O)OCC(=O)[C@@]1(O)CC[C@@H]2[C@H]3CCC4=CC(=O)CC[C@]4(C)[C@@H]3CC[C@]21C. The minimum Gasteiger partial charge on any atom is -0.595 e. The Balaban J connectivity index is 1.14. The molecule has 3 saturated carbocycles. The molecule has 13 heteroatoms. The highest BCUT2D eigenvalue weighted by Gasteiger charge is 2.66. The quantitative estimate of drug-likeness (QED) is 0.131. The number of fused-ring (bicyclic) bond motifs is 5. The number of ketones is 2. The Bertz CT molecular complexity index is 1510. The highest BCUT2D eigenvalue weighted by atomic mass is 16.8. The summed E-state index contributed by atoms with van der Waals surface area (Å²) in [5, 5.41) is 43.3. The summed E-state index contributed by atoms with van der Waals surface area (Å²) in [6.45, 7) is 3.65. The first kappa shape index (κ1) is 35.7. The Morgan fingerprint density at radius 3 is 2.50 bits per heavy atom. The summed E-state index contributed by atoms with van der Waals surface area (Å²) in [6, 6.07) is 2.57. The van der Waals surface area contributed by atoms with Crippen LogP contribution < -0.4 is 10.5 Å². The van der Waals surface area contributed by atoms with Crippen molar-refractivity contribution in [2.75, 3.05) is 13.7 Å². The summed E-state index contributed by atoms with van der Waals surface area (Å²) in [5.74, 6) is -2.19. The van der Waals surface area contributed by atoms with Crippen molar-refractivity contribution in [3.05, 3.63) is 40.6 Å². The van der Waals surface area contributed by atoms with E-state index in [4.69, 9.17) is 9.47 Å². The Hall–Kier alpha value is -3.65. The molecule has 5 rings (SSSR count). The van der Waals surface area contributed by atoms with E-state index in [9.17, 15) is 44.6 Å².